The zero-order valence-corrected chi connectivity index (χ0v) is 24.5. The molecule has 0 spiro atoms. The van der Waals surface area contributed by atoms with Gasteiger partial charge in [-0.2, -0.15) is 0 Å². The summed E-state index contributed by atoms with van der Waals surface area (Å²) < 4.78 is 13.2. The minimum Gasteiger partial charge on any atom is -0.494 e. The van der Waals surface area contributed by atoms with Crippen LogP contribution in [-0.4, -0.2) is 53.0 Å². The molecule has 4 aromatic rings. The van der Waals surface area contributed by atoms with E-state index < -0.39 is 4.92 Å². The minimum absolute atomic E-state index is 0.0226. The summed E-state index contributed by atoms with van der Waals surface area (Å²) in [5.74, 6) is 0.425. The number of thiocarbonyl (C=S) groups is 1. The number of methoxy groups -OCH3 is 1. The summed E-state index contributed by atoms with van der Waals surface area (Å²) in [7, 11) is 1.52. The molecule has 0 amide bonds. The van der Waals surface area contributed by atoms with Crippen molar-refractivity contribution in [1.29, 1.82) is 0 Å². The second-order valence-corrected chi connectivity index (χ2v) is 10.8. The Labute approximate surface area is 249 Å². The molecule has 2 aliphatic rings. The van der Waals surface area contributed by atoms with E-state index in [9.17, 15) is 10.1 Å². The number of ether oxygens (including phenoxy) is 2. The smallest absolute Gasteiger partial charge is 0.273 e. The number of non-ortho nitro benzene ring substituents is 1. The van der Waals surface area contributed by atoms with E-state index in [4.69, 9.17) is 21.7 Å². The van der Waals surface area contributed by atoms with Gasteiger partial charge in [0.05, 0.1) is 54.8 Å². The van der Waals surface area contributed by atoms with Crippen LogP contribution in [0.4, 0.5) is 17.1 Å². The summed E-state index contributed by atoms with van der Waals surface area (Å²) in [4.78, 5) is 20.2. The first-order valence-electron chi connectivity index (χ1n) is 13.8. The molecule has 1 N–H and O–H groups in total. The van der Waals surface area contributed by atoms with E-state index in [1.54, 1.807) is 12.3 Å². The second-order valence-electron chi connectivity index (χ2n) is 10.4. The number of nitro benzene ring substituents is 1. The first-order chi connectivity index (χ1) is 20.4. The highest BCUT2D eigenvalue weighted by molar-refractivity contribution is 7.80. The van der Waals surface area contributed by atoms with Crippen molar-refractivity contribution in [2.75, 3.05) is 43.2 Å². The maximum Gasteiger partial charge on any atom is 0.273 e. The van der Waals surface area contributed by atoms with Gasteiger partial charge in [0.25, 0.3) is 5.69 Å². The number of nitrogens with zero attached hydrogens (tertiary/aromatic N) is 5. The van der Waals surface area contributed by atoms with E-state index in [0.717, 1.165) is 66.0 Å². The maximum atomic E-state index is 11.4. The fourth-order valence-corrected chi connectivity index (χ4v) is 6.36. The first kappa shape index (κ1) is 27.7. The lowest BCUT2D eigenvalue weighted by Crippen LogP contribution is -2.36. The van der Waals surface area contributed by atoms with Gasteiger partial charge in [0.1, 0.15) is 5.75 Å². The second kappa shape index (κ2) is 11.4. The van der Waals surface area contributed by atoms with Gasteiger partial charge in [-0.3, -0.25) is 15.1 Å². The number of nitrogens with one attached hydrogen (secondary N) is 1. The Morgan fingerprint density at radius 1 is 1.05 bits per heavy atom. The van der Waals surface area contributed by atoms with Crippen molar-refractivity contribution >= 4 is 34.4 Å². The standard InChI is InChI=1S/C31H32N6O4S/c1-20-18-25(21(2)35(20)27-12-11-24(37(38)39)19-28(27)40-3)30-29(26-6-4-5-13-32-26)33-31(42)36(30)23-9-7-22(8-10-23)34-14-16-41-17-15-34/h4-13,18-19,29-30H,14-17H2,1-3H3,(H,33,42)/t29-,30-/m1/s1. The Kier molecular flexibility index (Phi) is 7.53. The SMILES string of the molecule is COc1cc([N+](=O)[O-])ccc1-n1c(C)cc([C@@H]2[C@@H](c3ccccn3)NC(=S)N2c2ccc(N3CCOCC3)cc2)c1C. The van der Waals surface area contributed by atoms with Crippen LogP contribution in [0.5, 0.6) is 5.75 Å². The van der Waals surface area contributed by atoms with Crippen LogP contribution in [0.2, 0.25) is 0 Å². The van der Waals surface area contributed by atoms with Crippen LogP contribution in [0.15, 0.2) is 72.9 Å². The molecule has 0 radical (unpaired) electrons. The molecule has 2 aromatic heterocycles. The van der Waals surface area contributed by atoms with Crippen LogP contribution in [0.1, 0.15) is 34.7 Å². The molecule has 0 unspecified atom stereocenters. The van der Waals surface area contributed by atoms with Crippen molar-refractivity contribution in [3.8, 4) is 11.4 Å². The Balaban J connectivity index is 1.45. The minimum atomic E-state index is -0.419. The molecule has 2 aliphatic heterocycles. The molecular weight excluding hydrogens is 552 g/mol. The van der Waals surface area contributed by atoms with Crippen molar-refractivity contribution in [2.45, 2.75) is 25.9 Å². The molecule has 2 atom stereocenters. The van der Waals surface area contributed by atoms with Gasteiger partial charge in [-0.05, 0) is 80.2 Å². The van der Waals surface area contributed by atoms with Crippen LogP contribution in [0, 0.1) is 24.0 Å². The van der Waals surface area contributed by atoms with Gasteiger partial charge in [0, 0.05) is 48.1 Å². The Morgan fingerprint density at radius 2 is 1.79 bits per heavy atom. The van der Waals surface area contributed by atoms with Gasteiger partial charge in [-0.25, -0.2) is 0 Å². The number of benzene rings is 2. The molecule has 216 valence electrons. The molecule has 0 saturated carbocycles. The van der Waals surface area contributed by atoms with E-state index in [1.807, 2.05) is 25.1 Å². The summed E-state index contributed by atoms with van der Waals surface area (Å²) in [6, 6.07) is 20.8. The lowest BCUT2D eigenvalue weighted by atomic mass is 9.96. The normalized spacial score (nSPS) is 18.7. The fraction of sp³-hybridized carbons (Fsp3) is 0.290. The van der Waals surface area contributed by atoms with Crippen molar-refractivity contribution in [3.05, 3.63) is 106 Å². The van der Waals surface area contributed by atoms with Crippen molar-refractivity contribution in [2.24, 2.45) is 0 Å². The molecule has 0 bridgehead atoms. The molecule has 6 rings (SSSR count). The van der Waals surface area contributed by atoms with Gasteiger partial charge >= 0.3 is 0 Å². The Hall–Kier alpha value is -4.48. The molecule has 10 nitrogen and oxygen atoms in total. The van der Waals surface area contributed by atoms with Crippen molar-refractivity contribution in [3.63, 3.8) is 0 Å². The van der Waals surface area contributed by atoms with Gasteiger partial charge in [0.15, 0.2) is 5.11 Å². The zero-order chi connectivity index (χ0) is 29.4. The average molecular weight is 585 g/mol. The number of rotatable bonds is 7. The van der Waals surface area contributed by atoms with Gasteiger partial charge in [-0.15, -0.1) is 0 Å². The number of pyridine rings is 1. The number of morpholine rings is 1. The summed E-state index contributed by atoms with van der Waals surface area (Å²) in [6.45, 7) is 7.27. The van der Waals surface area contributed by atoms with Gasteiger partial charge < -0.3 is 29.2 Å². The summed E-state index contributed by atoms with van der Waals surface area (Å²) in [6.07, 6.45) is 1.79. The largest absolute Gasteiger partial charge is 0.494 e. The molecular formula is C31H32N6O4S. The van der Waals surface area contributed by atoms with Crippen LogP contribution in [0.3, 0.4) is 0 Å². The molecule has 2 fully saturated rings. The van der Waals surface area contributed by atoms with Crippen LogP contribution < -0.4 is 19.9 Å². The van der Waals surface area contributed by atoms with E-state index in [1.165, 1.54) is 19.2 Å². The van der Waals surface area contributed by atoms with Crippen molar-refractivity contribution < 1.29 is 14.4 Å². The summed E-state index contributed by atoms with van der Waals surface area (Å²) >= 11 is 5.96. The third-order valence-corrected chi connectivity index (χ3v) is 8.32. The van der Waals surface area contributed by atoms with Gasteiger partial charge in [0.2, 0.25) is 0 Å². The number of hydrogen-bond donors (Lipinski definition) is 1. The van der Waals surface area contributed by atoms with Crippen LogP contribution in [0.25, 0.3) is 5.69 Å². The van der Waals surface area contributed by atoms with E-state index in [2.05, 4.69) is 61.9 Å². The topological polar surface area (TPSA) is 97.9 Å². The Bertz CT molecular complexity index is 1620. The molecule has 11 heteroatoms. The predicted octanol–water partition coefficient (Wildman–Crippen LogP) is 5.42. The molecule has 2 aromatic carbocycles. The fourth-order valence-electron chi connectivity index (χ4n) is 6.02. The highest BCUT2D eigenvalue weighted by Gasteiger charge is 2.42. The summed E-state index contributed by atoms with van der Waals surface area (Å²) in [5, 5.41) is 15.6. The Morgan fingerprint density at radius 3 is 2.45 bits per heavy atom. The predicted molar refractivity (Wildman–Crippen MR) is 166 cm³/mol. The molecule has 4 heterocycles. The van der Waals surface area contributed by atoms with E-state index in [0.29, 0.717) is 10.9 Å². The lowest BCUT2D eigenvalue weighted by molar-refractivity contribution is -0.384. The number of aromatic nitrogens is 2. The number of hydrogen-bond acceptors (Lipinski definition) is 7. The molecule has 0 aliphatic carbocycles. The third-order valence-electron chi connectivity index (χ3n) is 8.01. The monoisotopic (exact) mass is 584 g/mol. The van der Waals surface area contributed by atoms with Crippen LogP contribution >= 0.6 is 12.2 Å². The molecule has 2 saturated heterocycles. The third kappa shape index (κ3) is 4.94. The van der Waals surface area contributed by atoms with Crippen LogP contribution in [-0.2, 0) is 4.74 Å². The maximum absolute atomic E-state index is 11.4. The van der Waals surface area contributed by atoms with E-state index >= 15 is 0 Å². The number of nitro groups is 1. The highest BCUT2D eigenvalue weighted by atomic mass is 32.1. The number of aryl methyl sites for hydroxylation is 1. The van der Waals surface area contributed by atoms with Gasteiger partial charge in [-0.1, -0.05) is 6.07 Å². The first-order valence-corrected chi connectivity index (χ1v) is 14.2. The highest BCUT2D eigenvalue weighted by Crippen LogP contribution is 2.44. The summed E-state index contributed by atoms with van der Waals surface area (Å²) in [5.41, 5.74) is 6.73. The van der Waals surface area contributed by atoms with Crippen molar-refractivity contribution in [1.82, 2.24) is 14.9 Å². The van der Waals surface area contributed by atoms with E-state index in [-0.39, 0.29) is 17.8 Å². The average Bonchev–Trinajstić information content (AvgIpc) is 3.52. The quantitative estimate of drug-likeness (QED) is 0.173. The lowest BCUT2D eigenvalue weighted by Gasteiger charge is -2.31. The number of anilines is 2. The molecule has 42 heavy (non-hydrogen) atoms. The zero-order valence-electron chi connectivity index (χ0n) is 23.7.